The third-order valence-corrected chi connectivity index (χ3v) is 4.74. The number of Topliss-reactive ketones (excluding diaryl/α,β-unsaturated/α-hetero) is 1. The van der Waals surface area contributed by atoms with Gasteiger partial charge in [-0.05, 0) is 31.1 Å². The van der Waals surface area contributed by atoms with Crippen molar-refractivity contribution in [3.63, 3.8) is 0 Å². The van der Waals surface area contributed by atoms with Gasteiger partial charge < -0.3 is 4.90 Å². The molecule has 0 bridgehead atoms. The Balaban J connectivity index is 1.64. The van der Waals surface area contributed by atoms with Crippen LogP contribution in [-0.4, -0.2) is 39.5 Å². The normalized spacial score (nSPS) is 17.9. The molecule has 0 N–H and O–H groups in total. The molecule has 0 spiro atoms. The predicted octanol–water partition coefficient (Wildman–Crippen LogP) is 3.57. The van der Waals surface area contributed by atoms with E-state index in [0.29, 0.717) is 19.4 Å². The first-order valence-corrected chi connectivity index (χ1v) is 8.91. The lowest BCUT2D eigenvalue weighted by Gasteiger charge is -2.31. The number of amides is 1. The fraction of sp³-hybridized carbons (Fsp3) is 0.350. The van der Waals surface area contributed by atoms with Gasteiger partial charge in [-0.15, -0.1) is 0 Å². The Hall–Kier alpha value is -2.90. The topological polar surface area (TPSA) is 55.2 Å². The highest BCUT2D eigenvalue weighted by molar-refractivity contribution is 5.99. The van der Waals surface area contributed by atoms with Crippen LogP contribution in [0.2, 0.25) is 0 Å². The summed E-state index contributed by atoms with van der Waals surface area (Å²) >= 11 is 0. The SMILES string of the molecule is Cn1cc(/C=C/C(=O)N2CCC[C@H](C(=O)c3ccc(C(F)(F)F)cc3)C2)cn1. The molecule has 0 aliphatic carbocycles. The molecule has 0 radical (unpaired) electrons. The van der Waals surface area contributed by atoms with Gasteiger partial charge in [0.25, 0.3) is 0 Å². The molecule has 2 heterocycles. The van der Waals surface area contributed by atoms with Gasteiger partial charge in [-0.2, -0.15) is 18.3 Å². The monoisotopic (exact) mass is 391 g/mol. The van der Waals surface area contributed by atoms with Crippen molar-refractivity contribution < 1.29 is 22.8 Å². The lowest BCUT2D eigenvalue weighted by atomic mass is 9.89. The molecule has 8 heteroatoms. The van der Waals surface area contributed by atoms with Crippen molar-refractivity contribution in [2.45, 2.75) is 19.0 Å². The molecule has 1 saturated heterocycles. The van der Waals surface area contributed by atoms with E-state index in [2.05, 4.69) is 5.10 Å². The second kappa shape index (κ2) is 8.00. The summed E-state index contributed by atoms with van der Waals surface area (Å²) in [6.45, 7) is 0.809. The number of rotatable bonds is 4. The van der Waals surface area contributed by atoms with Crippen LogP contribution in [0.3, 0.4) is 0 Å². The highest BCUT2D eigenvalue weighted by Gasteiger charge is 2.32. The largest absolute Gasteiger partial charge is 0.416 e. The van der Waals surface area contributed by atoms with E-state index in [1.165, 1.54) is 18.2 Å². The van der Waals surface area contributed by atoms with Gasteiger partial charge >= 0.3 is 6.18 Å². The molecule has 5 nitrogen and oxygen atoms in total. The van der Waals surface area contributed by atoms with Crippen LogP contribution < -0.4 is 0 Å². The third-order valence-electron chi connectivity index (χ3n) is 4.74. The first-order chi connectivity index (χ1) is 13.2. The van der Waals surface area contributed by atoms with Gasteiger partial charge in [0, 0.05) is 49.5 Å². The fourth-order valence-electron chi connectivity index (χ4n) is 3.25. The summed E-state index contributed by atoms with van der Waals surface area (Å²) in [4.78, 5) is 26.7. The molecule has 1 atom stereocenters. The molecular formula is C20H20F3N3O2. The zero-order valence-corrected chi connectivity index (χ0v) is 15.3. The number of ketones is 1. The van der Waals surface area contributed by atoms with E-state index in [0.717, 1.165) is 17.7 Å². The molecule has 1 fully saturated rings. The second-order valence-corrected chi connectivity index (χ2v) is 6.84. The molecule has 1 amide bonds. The molecule has 2 aromatic rings. The number of carbonyl (C=O) groups excluding carboxylic acids is 2. The maximum absolute atomic E-state index is 12.7. The van der Waals surface area contributed by atoms with E-state index < -0.39 is 17.7 Å². The Morgan fingerprint density at radius 2 is 1.93 bits per heavy atom. The quantitative estimate of drug-likeness (QED) is 0.591. The Bertz CT molecular complexity index is 885. The molecule has 1 aromatic heterocycles. The van der Waals surface area contributed by atoms with Crippen LogP contribution in [0.1, 0.15) is 34.3 Å². The van der Waals surface area contributed by atoms with Crippen LogP contribution in [0.4, 0.5) is 13.2 Å². The zero-order valence-electron chi connectivity index (χ0n) is 15.3. The van der Waals surface area contributed by atoms with Crippen molar-refractivity contribution in [2.75, 3.05) is 13.1 Å². The van der Waals surface area contributed by atoms with Crippen LogP contribution >= 0.6 is 0 Å². The standard InChI is InChI=1S/C20H20F3N3O2/c1-25-12-14(11-24-25)4-9-18(27)26-10-2-3-16(13-26)19(28)15-5-7-17(8-6-15)20(21,22)23/h4-9,11-12,16H,2-3,10,13H2,1H3/b9-4+/t16-/m0/s1. The van der Waals surface area contributed by atoms with Crippen LogP contribution in [0.25, 0.3) is 6.08 Å². The number of piperidine rings is 1. The van der Waals surface area contributed by atoms with Crippen molar-refractivity contribution in [2.24, 2.45) is 13.0 Å². The summed E-state index contributed by atoms with van der Waals surface area (Å²) in [6.07, 6.45) is 3.36. The molecule has 1 aromatic carbocycles. The Kier molecular flexibility index (Phi) is 5.67. The van der Waals surface area contributed by atoms with E-state index in [1.807, 2.05) is 0 Å². The van der Waals surface area contributed by atoms with Gasteiger partial charge in [-0.3, -0.25) is 14.3 Å². The van der Waals surface area contributed by atoms with E-state index in [4.69, 9.17) is 0 Å². The molecule has 0 saturated carbocycles. The molecule has 28 heavy (non-hydrogen) atoms. The van der Waals surface area contributed by atoms with Crippen molar-refractivity contribution in [1.29, 1.82) is 0 Å². The second-order valence-electron chi connectivity index (χ2n) is 6.84. The van der Waals surface area contributed by atoms with Gasteiger partial charge in [0.2, 0.25) is 5.91 Å². The molecule has 1 aliphatic rings. The number of carbonyl (C=O) groups is 2. The highest BCUT2D eigenvalue weighted by atomic mass is 19.4. The summed E-state index contributed by atoms with van der Waals surface area (Å²) in [6, 6.07) is 4.23. The van der Waals surface area contributed by atoms with Crippen LogP contribution in [-0.2, 0) is 18.0 Å². The average Bonchev–Trinajstić information content (AvgIpc) is 3.10. The minimum Gasteiger partial charge on any atom is -0.338 e. The Morgan fingerprint density at radius 3 is 2.54 bits per heavy atom. The highest BCUT2D eigenvalue weighted by Crippen LogP contribution is 2.30. The molecule has 1 aliphatic heterocycles. The zero-order chi connectivity index (χ0) is 20.3. The first kappa shape index (κ1) is 19.9. The summed E-state index contributed by atoms with van der Waals surface area (Å²) in [5.41, 5.74) is 0.244. The van der Waals surface area contributed by atoms with Gasteiger partial charge in [0.1, 0.15) is 0 Å². The maximum atomic E-state index is 12.7. The minimum atomic E-state index is -4.43. The third kappa shape index (κ3) is 4.68. The number of likely N-dealkylation sites (tertiary alicyclic amines) is 1. The number of hydrogen-bond acceptors (Lipinski definition) is 3. The number of alkyl halides is 3. The number of hydrogen-bond donors (Lipinski definition) is 0. The molecule has 0 unspecified atom stereocenters. The Morgan fingerprint density at radius 1 is 1.21 bits per heavy atom. The summed E-state index contributed by atoms with van der Waals surface area (Å²) in [7, 11) is 1.78. The number of aromatic nitrogens is 2. The van der Waals surface area contributed by atoms with Crippen LogP contribution in [0, 0.1) is 5.92 Å². The van der Waals surface area contributed by atoms with E-state index in [-0.39, 0.29) is 23.8 Å². The summed E-state index contributed by atoms with van der Waals surface area (Å²) < 4.78 is 39.6. The van der Waals surface area contributed by atoms with Crippen molar-refractivity contribution in [3.05, 3.63) is 59.4 Å². The van der Waals surface area contributed by atoms with Crippen molar-refractivity contribution >= 4 is 17.8 Å². The number of aryl methyl sites for hydroxylation is 1. The van der Waals surface area contributed by atoms with Crippen molar-refractivity contribution in [1.82, 2.24) is 14.7 Å². The van der Waals surface area contributed by atoms with Crippen molar-refractivity contribution in [3.8, 4) is 0 Å². The fourth-order valence-corrected chi connectivity index (χ4v) is 3.25. The first-order valence-electron chi connectivity index (χ1n) is 8.91. The van der Waals surface area contributed by atoms with Gasteiger partial charge in [-0.25, -0.2) is 0 Å². The lowest BCUT2D eigenvalue weighted by molar-refractivity contribution is -0.137. The number of halogens is 3. The minimum absolute atomic E-state index is 0.200. The maximum Gasteiger partial charge on any atom is 0.416 e. The van der Waals surface area contributed by atoms with E-state index in [9.17, 15) is 22.8 Å². The lowest BCUT2D eigenvalue weighted by Crippen LogP contribution is -2.41. The van der Waals surface area contributed by atoms with Gasteiger partial charge in [0.05, 0.1) is 11.8 Å². The smallest absolute Gasteiger partial charge is 0.338 e. The van der Waals surface area contributed by atoms with Crippen LogP contribution in [0.15, 0.2) is 42.7 Å². The van der Waals surface area contributed by atoms with Gasteiger partial charge in [-0.1, -0.05) is 12.1 Å². The predicted molar refractivity (Wildman–Crippen MR) is 97.3 cm³/mol. The molecular weight excluding hydrogens is 371 g/mol. The summed E-state index contributed by atoms with van der Waals surface area (Å²) in [5, 5.41) is 4.02. The number of benzene rings is 1. The average molecular weight is 391 g/mol. The number of nitrogens with zero attached hydrogens (tertiary/aromatic N) is 3. The summed E-state index contributed by atoms with van der Waals surface area (Å²) in [5.74, 6) is -0.850. The molecule has 148 valence electrons. The Labute approximate surface area is 160 Å². The van der Waals surface area contributed by atoms with Crippen LogP contribution in [0.5, 0.6) is 0 Å². The van der Waals surface area contributed by atoms with E-state index in [1.54, 1.807) is 35.1 Å². The molecule has 3 rings (SSSR count). The van der Waals surface area contributed by atoms with E-state index >= 15 is 0 Å². The van der Waals surface area contributed by atoms with Gasteiger partial charge in [0.15, 0.2) is 5.78 Å².